The normalized spacial score (nSPS) is 16.6. The summed E-state index contributed by atoms with van der Waals surface area (Å²) in [5, 5.41) is 13.3. The third-order valence-electron chi connectivity index (χ3n) is 7.01. The van der Waals surface area contributed by atoms with Gasteiger partial charge in [-0.25, -0.2) is 4.98 Å². The summed E-state index contributed by atoms with van der Waals surface area (Å²) in [6.45, 7) is 17.2. The van der Waals surface area contributed by atoms with E-state index in [1.165, 1.54) is 0 Å². The molecule has 1 aliphatic heterocycles. The molecule has 2 aromatic carbocycles. The lowest BCUT2D eigenvalue weighted by Crippen LogP contribution is -2.30. The number of ether oxygens (including phenoxy) is 1. The molecule has 1 saturated heterocycles. The molecule has 7 nitrogen and oxygen atoms in total. The van der Waals surface area contributed by atoms with E-state index in [2.05, 4.69) is 65.9 Å². The fourth-order valence-electron chi connectivity index (χ4n) is 4.68. The molecule has 2 N–H and O–H groups in total. The Bertz CT molecular complexity index is 1380. The van der Waals surface area contributed by atoms with Crippen molar-refractivity contribution in [1.29, 1.82) is 0 Å². The summed E-state index contributed by atoms with van der Waals surface area (Å²) in [4.78, 5) is 29.1. The lowest BCUT2D eigenvalue weighted by atomic mass is 9.79. The number of rotatable bonds is 9. The van der Waals surface area contributed by atoms with E-state index in [-0.39, 0.29) is 26.4 Å². The predicted octanol–water partition coefficient (Wildman–Crippen LogP) is 7.65. The van der Waals surface area contributed by atoms with Gasteiger partial charge in [-0.05, 0) is 54.5 Å². The lowest BCUT2D eigenvalue weighted by molar-refractivity contribution is -0.112. The van der Waals surface area contributed by atoms with Gasteiger partial charge in [-0.1, -0.05) is 53.7 Å². The van der Waals surface area contributed by atoms with Crippen LogP contribution >= 0.6 is 23.5 Å². The standard InChI is InChI=1S/C32H40N2O5S2/c1-18-25(13-14-38-21-11-9-20(10-12-21)15-26-29(36)41-30(37)34-26)33-28(39-18)19(2)40-22-16-23(31(3,4)5)27(35)24(17-22)32(6,7)8/h9-12,16-17,19,26,35H,13-15H2,1-8H3,(H,34,37). The number of nitrogens with one attached hydrogen (secondary N) is 1. The number of thioether (sulfide) groups is 2. The van der Waals surface area contributed by atoms with Gasteiger partial charge in [-0.15, -0.1) is 11.8 Å². The van der Waals surface area contributed by atoms with Gasteiger partial charge in [-0.3, -0.25) is 9.59 Å². The minimum atomic E-state index is -0.473. The van der Waals surface area contributed by atoms with E-state index < -0.39 is 6.04 Å². The zero-order valence-electron chi connectivity index (χ0n) is 25.1. The van der Waals surface area contributed by atoms with Crippen molar-refractivity contribution in [2.45, 2.75) is 95.2 Å². The average Bonchev–Trinajstić information content (AvgIpc) is 3.40. The lowest BCUT2D eigenvalue weighted by Gasteiger charge is -2.28. The third-order valence-corrected chi connectivity index (χ3v) is 8.86. The molecule has 2 atom stereocenters. The predicted molar refractivity (Wildman–Crippen MR) is 165 cm³/mol. The van der Waals surface area contributed by atoms with Gasteiger partial charge in [0, 0.05) is 40.6 Å². The quantitative estimate of drug-likeness (QED) is 0.243. The van der Waals surface area contributed by atoms with Gasteiger partial charge in [0.25, 0.3) is 5.24 Å². The molecule has 4 rings (SSSR count). The summed E-state index contributed by atoms with van der Waals surface area (Å²) >= 11 is 2.41. The van der Waals surface area contributed by atoms with Crippen molar-refractivity contribution >= 4 is 33.9 Å². The number of hydrogen-bond acceptors (Lipinski definition) is 8. The Morgan fingerprint density at radius 3 is 2.22 bits per heavy atom. The molecule has 41 heavy (non-hydrogen) atoms. The van der Waals surface area contributed by atoms with Crippen LogP contribution in [0.15, 0.2) is 45.7 Å². The molecule has 3 aromatic rings. The van der Waals surface area contributed by atoms with Crippen LogP contribution in [0.4, 0.5) is 4.79 Å². The van der Waals surface area contributed by atoms with Crippen LogP contribution in [-0.4, -0.2) is 33.1 Å². The third kappa shape index (κ3) is 7.68. The number of aromatic hydroxyl groups is 1. The van der Waals surface area contributed by atoms with Gasteiger partial charge in [0.15, 0.2) is 0 Å². The van der Waals surface area contributed by atoms with Crippen LogP contribution in [0.2, 0.25) is 0 Å². The molecule has 0 spiro atoms. The van der Waals surface area contributed by atoms with Crippen LogP contribution in [0.5, 0.6) is 11.5 Å². The highest BCUT2D eigenvalue weighted by Crippen LogP contribution is 2.44. The number of hydrogen-bond donors (Lipinski definition) is 2. The number of oxazole rings is 1. The SMILES string of the molecule is Cc1oc(C(C)Sc2cc(C(C)(C)C)c(O)c(C(C)(C)C)c2)nc1CCOc1ccc(CC2NC(=O)SC2=O)cc1. The highest BCUT2D eigenvalue weighted by molar-refractivity contribution is 8.26. The van der Waals surface area contributed by atoms with E-state index >= 15 is 0 Å². The number of aromatic nitrogens is 1. The zero-order chi connectivity index (χ0) is 30.1. The molecule has 1 aliphatic rings. The van der Waals surface area contributed by atoms with Crippen molar-refractivity contribution < 1.29 is 23.8 Å². The van der Waals surface area contributed by atoms with E-state index in [0.29, 0.717) is 31.1 Å². The van der Waals surface area contributed by atoms with E-state index in [1.807, 2.05) is 31.2 Å². The molecular formula is C32H40N2O5S2. The summed E-state index contributed by atoms with van der Waals surface area (Å²) in [5.74, 6) is 2.56. The van der Waals surface area contributed by atoms with Crippen molar-refractivity contribution in [2.24, 2.45) is 0 Å². The van der Waals surface area contributed by atoms with Gasteiger partial charge in [0.05, 0.1) is 17.6 Å². The molecule has 0 aliphatic carbocycles. The Kier molecular flexibility index (Phi) is 9.19. The van der Waals surface area contributed by atoms with Crippen molar-refractivity contribution in [1.82, 2.24) is 10.3 Å². The topological polar surface area (TPSA) is 102 Å². The summed E-state index contributed by atoms with van der Waals surface area (Å²) in [7, 11) is 0. The first-order chi connectivity index (χ1) is 19.1. The van der Waals surface area contributed by atoms with E-state index in [1.54, 1.807) is 11.8 Å². The van der Waals surface area contributed by atoms with Crippen LogP contribution in [0.1, 0.15) is 87.8 Å². The second-order valence-electron chi connectivity index (χ2n) is 12.5. The van der Waals surface area contributed by atoms with Crippen LogP contribution < -0.4 is 10.1 Å². The number of phenolic OH excluding ortho intramolecular Hbond substituents is 1. The fraction of sp³-hybridized carbons (Fsp3) is 0.469. The Morgan fingerprint density at radius 1 is 1.07 bits per heavy atom. The molecule has 1 aromatic heterocycles. The van der Waals surface area contributed by atoms with E-state index in [9.17, 15) is 14.7 Å². The number of carbonyl (C=O) groups is 2. The molecular weight excluding hydrogens is 556 g/mol. The Balaban J connectivity index is 1.37. The number of benzene rings is 2. The molecule has 2 unspecified atom stereocenters. The monoisotopic (exact) mass is 596 g/mol. The maximum absolute atomic E-state index is 11.8. The molecule has 0 radical (unpaired) electrons. The Hall–Kier alpha value is -2.91. The van der Waals surface area contributed by atoms with Gasteiger partial charge in [0.2, 0.25) is 11.0 Å². The highest BCUT2D eigenvalue weighted by atomic mass is 32.2. The van der Waals surface area contributed by atoms with Gasteiger partial charge in [0.1, 0.15) is 23.3 Å². The number of nitrogens with zero attached hydrogens (tertiary/aromatic N) is 1. The zero-order valence-corrected chi connectivity index (χ0v) is 26.7. The largest absolute Gasteiger partial charge is 0.507 e. The van der Waals surface area contributed by atoms with Crippen LogP contribution in [0.3, 0.4) is 0 Å². The molecule has 2 heterocycles. The van der Waals surface area contributed by atoms with Crippen molar-refractivity contribution in [3.8, 4) is 11.5 Å². The van der Waals surface area contributed by atoms with Gasteiger partial charge >= 0.3 is 0 Å². The van der Waals surface area contributed by atoms with Crippen molar-refractivity contribution in [3.63, 3.8) is 0 Å². The second-order valence-corrected chi connectivity index (χ2v) is 14.9. The fourth-order valence-corrected chi connectivity index (χ4v) is 6.33. The van der Waals surface area contributed by atoms with Crippen molar-refractivity contribution in [3.05, 3.63) is 70.4 Å². The van der Waals surface area contributed by atoms with Crippen LogP contribution in [-0.2, 0) is 28.5 Å². The number of phenols is 1. The average molecular weight is 597 g/mol. The number of carbonyl (C=O) groups excluding carboxylic acids is 2. The van der Waals surface area contributed by atoms with Gasteiger partial charge < -0.3 is 19.6 Å². The smallest absolute Gasteiger partial charge is 0.287 e. The Morgan fingerprint density at radius 2 is 1.68 bits per heavy atom. The highest BCUT2D eigenvalue weighted by Gasteiger charge is 2.31. The first-order valence-electron chi connectivity index (χ1n) is 13.9. The van der Waals surface area contributed by atoms with Crippen molar-refractivity contribution in [2.75, 3.05) is 6.61 Å². The summed E-state index contributed by atoms with van der Waals surface area (Å²) in [5.41, 5.74) is 3.32. The summed E-state index contributed by atoms with van der Waals surface area (Å²) < 4.78 is 12.0. The maximum atomic E-state index is 11.8. The molecule has 0 bridgehead atoms. The Labute approximate surface area is 251 Å². The number of amides is 1. The van der Waals surface area contributed by atoms with E-state index in [0.717, 1.165) is 50.6 Å². The minimum absolute atomic E-state index is 0.0176. The van der Waals surface area contributed by atoms with Crippen LogP contribution in [0, 0.1) is 6.92 Å². The molecule has 1 amide bonds. The summed E-state index contributed by atoms with van der Waals surface area (Å²) in [6, 6.07) is 11.3. The second kappa shape index (κ2) is 12.1. The molecule has 9 heteroatoms. The van der Waals surface area contributed by atoms with Crippen LogP contribution in [0.25, 0.3) is 0 Å². The van der Waals surface area contributed by atoms with E-state index in [4.69, 9.17) is 14.1 Å². The first-order valence-corrected chi connectivity index (χ1v) is 15.6. The molecule has 0 saturated carbocycles. The minimum Gasteiger partial charge on any atom is -0.507 e. The maximum Gasteiger partial charge on any atom is 0.287 e. The molecule has 220 valence electrons. The summed E-state index contributed by atoms with van der Waals surface area (Å²) in [6.07, 6.45) is 1.07. The first kappa shape index (κ1) is 31.0. The number of aryl methyl sites for hydroxylation is 1. The molecule has 1 fully saturated rings. The van der Waals surface area contributed by atoms with Gasteiger partial charge in [-0.2, -0.15) is 0 Å².